The number of aliphatic carboxylic acids is 1. The van der Waals surface area contributed by atoms with Crippen LogP contribution in [0.3, 0.4) is 0 Å². The Morgan fingerprint density at radius 2 is 1.76 bits per heavy atom. The van der Waals surface area contributed by atoms with E-state index in [4.69, 9.17) is 5.11 Å². The molecular formula is C12H23NO3S. The van der Waals surface area contributed by atoms with Crippen molar-refractivity contribution in [2.45, 2.75) is 44.9 Å². The summed E-state index contributed by atoms with van der Waals surface area (Å²) in [4.78, 5) is 21.5. The Bertz CT molecular complexity index is 222. The second-order valence-electron chi connectivity index (χ2n) is 4.00. The molecule has 4 nitrogen and oxygen atoms in total. The van der Waals surface area contributed by atoms with Gasteiger partial charge in [-0.2, -0.15) is 11.8 Å². The Morgan fingerprint density at radius 3 is 2.41 bits per heavy atom. The first kappa shape index (κ1) is 16.3. The summed E-state index contributed by atoms with van der Waals surface area (Å²) in [6.07, 6.45) is 7.55. The molecule has 5 heteroatoms. The molecule has 2 N–H and O–H groups in total. The van der Waals surface area contributed by atoms with Gasteiger partial charge in [-0.25, -0.2) is 0 Å². The maximum atomic E-state index is 11.3. The highest BCUT2D eigenvalue weighted by atomic mass is 32.2. The molecular weight excluding hydrogens is 238 g/mol. The van der Waals surface area contributed by atoms with Crippen molar-refractivity contribution in [1.82, 2.24) is 5.32 Å². The van der Waals surface area contributed by atoms with Gasteiger partial charge in [0.05, 0.1) is 0 Å². The lowest BCUT2D eigenvalue weighted by molar-refractivity contribution is -0.137. The Labute approximate surface area is 108 Å². The van der Waals surface area contributed by atoms with Gasteiger partial charge in [0.2, 0.25) is 5.91 Å². The number of nitrogens with one attached hydrogen (secondary N) is 1. The molecule has 17 heavy (non-hydrogen) atoms. The van der Waals surface area contributed by atoms with Crippen molar-refractivity contribution in [3.8, 4) is 0 Å². The molecule has 100 valence electrons. The molecule has 0 aliphatic heterocycles. The van der Waals surface area contributed by atoms with Crippen molar-refractivity contribution in [3.63, 3.8) is 0 Å². The zero-order valence-corrected chi connectivity index (χ0v) is 11.4. The highest BCUT2D eigenvalue weighted by molar-refractivity contribution is 7.98. The lowest BCUT2D eigenvalue weighted by Crippen LogP contribution is -2.24. The number of carbonyl (C=O) groups excluding carboxylic acids is 1. The van der Waals surface area contributed by atoms with Gasteiger partial charge >= 0.3 is 5.97 Å². The number of unbranched alkanes of at least 4 members (excludes halogenated alkanes) is 3. The highest BCUT2D eigenvalue weighted by Crippen LogP contribution is 2.04. The SMILES string of the molecule is CSCCCCCCNC(=O)CCCC(=O)O. The fraction of sp³-hybridized carbons (Fsp3) is 0.833. The van der Waals surface area contributed by atoms with E-state index in [-0.39, 0.29) is 12.3 Å². The molecule has 0 aliphatic rings. The molecule has 0 rings (SSSR count). The predicted octanol–water partition coefficient (Wildman–Crippen LogP) is 2.28. The lowest BCUT2D eigenvalue weighted by Gasteiger charge is -2.04. The minimum atomic E-state index is -0.841. The summed E-state index contributed by atoms with van der Waals surface area (Å²) < 4.78 is 0. The Kier molecular flexibility index (Phi) is 11.3. The summed E-state index contributed by atoms with van der Waals surface area (Å²) in [7, 11) is 0. The quantitative estimate of drug-likeness (QED) is 0.560. The van der Waals surface area contributed by atoms with Crippen molar-refractivity contribution in [2.75, 3.05) is 18.6 Å². The van der Waals surface area contributed by atoms with E-state index in [1.165, 1.54) is 18.6 Å². The summed E-state index contributed by atoms with van der Waals surface area (Å²) >= 11 is 1.86. The van der Waals surface area contributed by atoms with Crippen LogP contribution in [0.25, 0.3) is 0 Å². The molecule has 0 aliphatic carbocycles. The maximum Gasteiger partial charge on any atom is 0.303 e. The van der Waals surface area contributed by atoms with Crippen LogP contribution in [-0.4, -0.2) is 35.5 Å². The highest BCUT2D eigenvalue weighted by Gasteiger charge is 2.02. The van der Waals surface area contributed by atoms with E-state index in [0.717, 1.165) is 12.8 Å². The van der Waals surface area contributed by atoms with Crippen LogP contribution in [-0.2, 0) is 9.59 Å². The first-order chi connectivity index (χ1) is 8.16. The fourth-order valence-electron chi connectivity index (χ4n) is 1.44. The van der Waals surface area contributed by atoms with Crippen LogP contribution in [0.4, 0.5) is 0 Å². The molecule has 0 heterocycles. The topological polar surface area (TPSA) is 66.4 Å². The molecule has 0 bridgehead atoms. The van der Waals surface area contributed by atoms with Crippen LogP contribution in [0.5, 0.6) is 0 Å². The third kappa shape index (κ3) is 13.2. The van der Waals surface area contributed by atoms with Gasteiger partial charge in [0.1, 0.15) is 0 Å². The summed E-state index contributed by atoms with van der Waals surface area (Å²) in [6.45, 7) is 0.713. The van der Waals surface area contributed by atoms with Crippen LogP contribution in [0.15, 0.2) is 0 Å². The van der Waals surface area contributed by atoms with Crippen LogP contribution in [0.2, 0.25) is 0 Å². The number of rotatable bonds is 11. The Balaban J connectivity index is 3.19. The van der Waals surface area contributed by atoms with E-state index in [1.54, 1.807) is 0 Å². The van der Waals surface area contributed by atoms with Gasteiger partial charge in [-0.15, -0.1) is 0 Å². The monoisotopic (exact) mass is 261 g/mol. The van der Waals surface area contributed by atoms with Crippen molar-refractivity contribution in [3.05, 3.63) is 0 Å². The molecule has 0 atom stereocenters. The first-order valence-corrected chi connectivity index (χ1v) is 7.53. The van der Waals surface area contributed by atoms with E-state index in [9.17, 15) is 9.59 Å². The zero-order chi connectivity index (χ0) is 12.9. The van der Waals surface area contributed by atoms with Gasteiger partial charge in [-0.1, -0.05) is 12.8 Å². The van der Waals surface area contributed by atoms with Gasteiger partial charge in [0.15, 0.2) is 0 Å². The fourth-order valence-corrected chi connectivity index (χ4v) is 1.93. The summed E-state index contributed by atoms with van der Waals surface area (Å²) in [5.74, 6) is 0.337. The average molecular weight is 261 g/mol. The minimum Gasteiger partial charge on any atom is -0.481 e. The van der Waals surface area contributed by atoms with Gasteiger partial charge in [-0.05, 0) is 31.3 Å². The number of carboxylic acids is 1. The van der Waals surface area contributed by atoms with E-state index in [2.05, 4.69) is 11.6 Å². The van der Waals surface area contributed by atoms with Crippen molar-refractivity contribution in [2.24, 2.45) is 0 Å². The number of carboxylic acid groups (broad SMARTS) is 1. The second-order valence-corrected chi connectivity index (χ2v) is 4.99. The van der Waals surface area contributed by atoms with Gasteiger partial charge < -0.3 is 10.4 Å². The van der Waals surface area contributed by atoms with Crippen LogP contribution in [0.1, 0.15) is 44.9 Å². The van der Waals surface area contributed by atoms with Crippen molar-refractivity contribution < 1.29 is 14.7 Å². The average Bonchev–Trinajstić information content (AvgIpc) is 2.27. The van der Waals surface area contributed by atoms with Crippen molar-refractivity contribution in [1.29, 1.82) is 0 Å². The van der Waals surface area contributed by atoms with Gasteiger partial charge in [-0.3, -0.25) is 9.59 Å². The summed E-state index contributed by atoms with van der Waals surface area (Å²) in [5.41, 5.74) is 0. The number of carbonyl (C=O) groups is 2. The van der Waals surface area contributed by atoms with E-state index in [0.29, 0.717) is 19.4 Å². The predicted molar refractivity (Wildman–Crippen MR) is 71.3 cm³/mol. The number of hydrogen-bond acceptors (Lipinski definition) is 3. The minimum absolute atomic E-state index is 0.0321. The lowest BCUT2D eigenvalue weighted by atomic mass is 10.2. The zero-order valence-electron chi connectivity index (χ0n) is 10.5. The van der Waals surface area contributed by atoms with E-state index >= 15 is 0 Å². The molecule has 0 saturated carbocycles. The Morgan fingerprint density at radius 1 is 1.06 bits per heavy atom. The van der Waals surface area contributed by atoms with E-state index < -0.39 is 5.97 Å². The smallest absolute Gasteiger partial charge is 0.303 e. The number of hydrogen-bond donors (Lipinski definition) is 2. The second kappa shape index (κ2) is 11.8. The largest absolute Gasteiger partial charge is 0.481 e. The summed E-state index contributed by atoms with van der Waals surface area (Å²) in [5, 5.41) is 11.2. The third-order valence-corrected chi connectivity index (χ3v) is 3.09. The summed E-state index contributed by atoms with van der Waals surface area (Å²) in [6, 6.07) is 0. The standard InChI is InChI=1S/C12H23NO3S/c1-17-10-5-3-2-4-9-13-11(14)7-6-8-12(15)16/h2-10H2,1H3,(H,13,14)(H,15,16). The Hall–Kier alpha value is -0.710. The normalized spacial score (nSPS) is 10.2. The first-order valence-electron chi connectivity index (χ1n) is 6.14. The van der Waals surface area contributed by atoms with E-state index in [1.807, 2.05) is 11.8 Å². The molecule has 0 unspecified atom stereocenters. The third-order valence-electron chi connectivity index (χ3n) is 2.39. The van der Waals surface area contributed by atoms with Gasteiger partial charge in [0.25, 0.3) is 0 Å². The molecule has 0 aromatic carbocycles. The van der Waals surface area contributed by atoms with Crippen LogP contribution < -0.4 is 5.32 Å². The molecule has 0 aromatic heterocycles. The van der Waals surface area contributed by atoms with Crippen molar-refractivity contribution >= 4 is 23.6 Å². The molecule has 1 amide bonds. The van der Waals surface area contributed by atoms with Gasteiger partial charge in [0, 0.05) is 19.4 Å². The molecule has 0 saturated heterocycles. The molecule has 0 aromatic rings. The van der Waals surface area contributed by atoms with Crippen LogP contribution >= 0.6 is 11.8 Å². The molecule has 0 spiro atoms. The maximum absolute atomic E-state index is 11.3. The molecule has 0 fully saturated rings. The molecule has 0 radical (unpaired) electrons. The number of amides is 1. The van der Waals surface area contributed by atoms with Crippen LogP contribution in [0, 0.1) is 0 Å². The number of thioether (sulfide) groups is 1.